The highest BCUT2D eigenvalue weighted by molar-refractivity contribution is 7.89. The summed E-state index contributed by atoms with van der Waals surface area (Å²) in [6.45, 7) is 6.41. The van der Waals surface area contributed by atoms with Crippen LogP contribution < -0.4 is 18.9 Å². The van der Waals surface area contributed by atoms with Crippen LogP contribution in [0.3, 0.4) is 0 Å². The van der Waals surface area contributed by atoms with Crippen LogP contribution in [0.1, 0.15) is 41.8 Å². The highest BCUT2D eigenvalue weighted by atomic mass is 32.2. The van der Waals surface area contributed by atoms with Crippen molar-refractivity contribution in [2.24, 2.45) is 0 Å². The molecule has 0 saturated carbocycles. The van der Waals surface area contributed by atoms with Crippen molar-refractivity contribution < 1.29 is 40.9 Å². The van der Waals surface area contributed by atoms with E-state index in [9.17, 15) is 21.9 Å². The lowest BCUT2D eigenvalue weighted by molar-refractivity contribution is 0.0678. The minimum Gasteiger partial charge on any atom is -0.497 e. The van der Waals surface area contributed by atoms with Crippen LogP contribution in [-0.4, -0.2) is 130 Å². The van der Waals surface area contributed by atoms with E-state index in [0.717, 1.165) is 40.3 Å². The van der Waals surface area contributed by atoms with E-state index < -0.39 is 25.6 Å². The van der Waals surface area contributed by atoms with Gasteiger partial charge >= 0.3 is 0 Å². The van der Waals surface area contributed by atoms with Gasteiger partial charge in [0.2, 0.25) is 0 Å². The van der Waals surface area contributed by atoms with Crippen LogP contribution in [0.4, 0.5) is 0 Å². The van der Waals surface area contributed by atoms with Crippen molar-refractivity contribution in [2.75, 3.05) is 69.7 Å². The van der Waals surface area contributed by atoms with Crippen LogP contribution in [0.15, 0.2) is 125 Å². The molecule has 0 bridgehead atoms. The van der Waals surface area contributed by atoms with E-state index in [0.29, 0.717) is 36.8 Å². The van der Waals surface area contributed by atoms with Gasteiger partial charge in [0.1, 0.15) is 28.6 Å². The number of benzene rings is 4. The first kappa shape index (κ1) is 53.2. The molecular weight excluding hydrogens is 909 g/mol. The lowest BCUT2D eigenvalue weighted by atomic mass is 10.1. The van der Waals surface area contributed by atoms with E-state index in [1.54, 1.807) is 88.2 Å². The maximum absolute atomic E-state index is 13.9. The summed E-state index contributed by atoms with van der Waals surface area (Å²) in [6, 6.07) is 32.4. The molecule has 0 aliphatic carbocycles. The monoisotopic (exact) mass is 974 g/mol. The fourth-order valence-electron chi connectivity index (χ4n) is 6.84. The molecule has 0 saturated heterocycles. The molecule has 19 heteroatoms. The predicted octanol–water partition coefficient (Wildman–Crippen LogP) is 5.93. The third kappa shape index (κ3) is 14.8. The summed E-state index contributed by atoms with van der Waals surface area (Å²) in [4.78, 5) is 4.00. The number of hydrogen-bond acceptors (Lipinski definition) is 13. The summed E-state index contributed by atoms with van der Waals surface area (Å²) in [5.41, 5.74) is 2.51. The Morgan fingerprint density at radius 3 is 1.18 bits per heavy atom. The summed E-state index contributed by atoms with van der Waals surface area (Å²) >= 11 is 0. The molecule has 0 unspecified atom stereocenters. The maximum atomic E-state index is 13.9. The second kappa shape index (κ2) is 24.0. The largest absolute Gasteiger partial charge is 0.497 e. The Kier molecular flexibility index (Phi) is 18.7. The van der Waals surface area contributed by atoms with Crippen LogP contribution in [0.2, 0.25) is 0 Å². The van der Waals surface area contributed by atoms with Crippen molar-refractivity contribution in [3.63, 3.8) is 0 Å². The van der Waals surface area contributed by atoms with E-state index in [1.165, 1.54) is 14.7 Å². The van der Waals surface area contributed by atoms with Gasteiger partial charge < -0.3 is 33.9 Å². The highest BCUT2D eigenvalue weighted by Gasteiger charge is 2.32. The molecular formula is C49H66N8O9S2. The zero-order valence-corrected chi connectivity index (χ0v) is 42.4. The smallest absolute Gasteiger partial charge is 0.263 e. The molecule has 4 aromatic carbocycles. The standard InChI is InChI=1S/C26H36N4O5S.C23H30N4O4S/c1-26(2,31)24-17-25(27-30(24)16-15-28(3)4)36(32,33)29(18-20-7-11-22(34-5)12-8-20)19-21-9-13-23(35-6)14-10-21;1-25(2)15-16-26-14-13-23(24-26)32(28,29)27(17-19-5-9-21(30-3)10-6-19)18-20-7-11-22(31-4)12-8-20/h7-14,17,31H,15-16,18-19H2,1-6H3;5-14H,15-18H2,1-4H3. The summed E-state index contributed by atoms with van der Waals surface area (Å²) in [5, 5.41) is 19.4. The van der Waals surface area contributed by atoms with Crippen LogP contribution in [0.25, 0.3) is 0 Å². The fourth-order valence-corrected chi connectivity index (χ4v) is 9.55. The van der Waals surface area contributed by atoms with E-state index >= 15 is 0 Å². The number of aliphatic hydroxyl groups is 1. The van der Waals surface area contributed by atoms with Gasteiger partial charge in [-0.1, -0.05) is 48.5 Å². The van der Waals surface area contributed by atoms with Gasteiger partial charge in [-0.3, -0.25) is 9.36 Å². The minimum atomic E-state index is -4.02. The lowest BCUT2D eigenvalue weighted by Crippen LogP contribution is -2.31. The zero-order chi connectivity index (χ0) is 49.6. The molecule has 68 heavy (non-hydrogen) atoms. The third-order valence-corrected chi connectivity index (χ3v) is 14.2. The Bertz CT molecular complexity index is 2600. The molecule has 0 spiro atoms. The van der Waals surface area contributed by atoms with E-state index in [2.05, 4.69) is 10.2 Å². The summed E-state index contributed by atoms with van der Waals surface area (Å²) in [7, 11) is 6.32. The Morgan fingerprint density at radius 2 is 0.853 bits per heavy atom. The number of aromatic nitrogens is 4. The second-order valence-corrected chi connectivity index (χ2v) is 20.9. The zero-order valence-electron chi connectivity index (χ0n) is 40.7. The van der Waals surface area contributed by atoms with Crippen molar-refractivity contribution in [3.05, 3.63) is 143 Å². The molecule has 0 aliphatic heterocycles. The average molecular weight is 975 g/mol. The molecule has 6 rings (SSSR count). The molecule has 0 amide bonds. The summed E-state index contributed by atoms with van der Waals surface area (Å²) in [6.07, 6.45) is 1.70. The number of likely N-dealkylation sites (N-methyl/N-ethyl adjacent to an activating group) is 2. The summed E-state index contributed by atoms with van der Waals surface area (Å²) < 4.78 is 81.9. The first-order chi connectivity index (χ1) is 32.2. The molecule has 1 N–H and O–H groups in total. The fraction of sp³-hybridized carbons (Fsp3) is 0.388. The molecule has 0 aliphatic rings. The van der Waals surface area contributed by atoms with Gasteiger partial charge in [0.05, 0.1) is 47.2 Å². The van der Waals surface area contributed by atoms with Crippen molar-refractivity contribution in [3.8, 4) is 23.0 Å². The van der Waals surface area contributed by atoms with Crippen molar-refractivity contribution in [1.82, 2.24) is 38.0 Å². The van der Waals surface area contributed by atoms with Crippen LogP contribution in [0.5, 0.6) is 23.0 Å². The number of hydrogen-bond donors (Lipinski definition) is 1. The summed E-state index contributed by atoms with van der Waals surface area (Å²) in [5.74, 6) is 2.83. The van der Waals surface area contributed by atoms with E-state index in [4.69, 9.17) is 18.9 Å². The number of nitrogens with zero attached hydrogens (tertiary/aromatic N) is 8. The highest BCUT2D eigenvalue weighted by Crippen LogP contribution is 2.28. The molecule has 368 valence electrons. The van der Waals surface area contributed by atoms with Crippen LogP contribution >= 0.6 is 0 Å². The molecule has 0 atom stereocenters. The van der Waals surface area contributed by atoms with Gasteiger partial charge in [-0.2, -0.15) is 18.8 Å². The van der Waals surface area contributed by atoms with Crippen LogP contribution in [-0.2, 0) is 64.9 Å². The van der Waals surface area contributed by atoms with Gasteiger partial charge in [0.25, 0.3) is 20.0 Å². The lowest BCUT2D eigenvalue weighted by Gasteiger charge is -2.21. The molecule has 2 aromatic heterocycles. The minimum absolute atomic E-state index is 0.0401. The topological polar surface area (TPSA) is 174 Å². The predicted molar refractivity (Wildman–Crippen MR) is 262 cm³/mol. The van der Waals surface area contributed by atoms with Crippen molar-refractivity contribution in [2.45, 2.75) is 68.8 Å². The van der Waals surface area contributed by atoms with Gasteiger partial charge in [-0.05, 0) is 119 Å². The molecule has 0 radical (unpaired) electrons. The quantitative estimate of drug-likeness (QED) is 0.0801. The Morgan fingerprint density at radius 1 is 0.515 bits per heavy atom. The molecule has 17 nitrogen and oxygen atoms in total. The number of sulfonamides is 2. The second-order valence-electron chi connectivity index (χ2n) is 17.1. The Balaban J connectivity index is 0.000000256. The average Bonchev–Trinajstić information content (AvgIpc) is 4.00. The first-order valence-electron chi connectivity index (χ1n) is 21.9. The van der Waals surface area contributed by atoms with Gasteiger partial charge in [-0.15, -0.1) is 0 Å². The van der Waals surface area contributed by atoms with Gasteiger partial charge in [0.15, 0.2) is 10.1 Å². The van der Waals surface area contributed by atoms with Gasteiger partial charge in [0, 0.05) is 51.5 Å². The van der Waals surface area contributed by atoms with Crippen molar-refractivity contribution >= 4 is 20.0 Å². The maximum Gasteiger partial charge on any atom is 0.263 e. The van der Waals surface area contributed by atoms with E-state index in [1.807, 2.05) is 111 Å². The Labute approximate surface area is 402 Å². The normalized spacial score (nSPS) is 12.1. The first-order valence-corrected chi connectivity index (χ1v) is 24.8. The van der Waals surface area contributed by atoms with E-state index in [-0.39, 0.29) is 36.2 Å². The van der Waals surface area contributed by atoms with Crippen molar-refractivity contribution in [1.29, 1.82) is 0 Å². The molecule has 6 aromatic rings. The number of ether oxygens (including phenoxy) is 4. The van der Waals surface area contributed by atoms with Crippen LogP contribution in [0, 0.1) is 0 Å². The molecule has 2 heterocycles. The Hall–Kier alpha value is -5.80. The number of rotatable bonds is 23. The number of methoxy groups -OCH3 is 4. The third-order valence-electron chi connectivity index (χ3n) is 10.8. The SMILES string of the molecule is COc1ccc(CN(Cc2ccc(OC)cc2)S(=O)(=O)c2cc(C(C)(C)O)n(CCN(C)C)n2)cc1.COc1ccc(CN(Cc2ccc(OC)cc2)S(=O)(=O)c2ccn(CCN(C)C)n2)cc1. The van der Waals surface area contributed by atoms with Gasteiger partial charge in [-0.25, -0.2) is 16.8 Å². The molecule has 0 fully saturated rings.